The van der Waals surface area contributed by atoms with Gasteiger partial charge in [0, 0.05) is 45.0 Å². The van der Waals surface area contributed by atoms with Gasteiger partial charge in [0.25, 0.3) is 0 Å². The van der Waals surface area contributed by atoms with Crippen molar-refractivity contribution in [2.75, 3.05) is 40.3 Å². The maximum Gasteiger partial charge on any atom is 0.434 e. The molecule has 2 rings (SSSR count). The van der Waals surface area contributed by atoms with Gasteiger partial charge in [0.15, 0.2) is 11.7 Å². The van der Waals surface area contributed by atoms with Crippen LogP contribution in [0.4, 0.5) is 13.2 Å². The Morgan fingerprint density at radius 2 is 2.28 bits per heavy atom. The minimum Gasteiger partial charge on any atom is -0.356 e. The zero-order valence-electron chi connectivity index (χ0n) is 14.9. The first kappa shape index (κ1) is 20.0. The monoisotopic (exact) mass is 377 g/mol. The lowest BCUT2D eigenvalue weighted by molar-refractivity contribution is -0.140. The summed E-state index contributed by atoms with van der Waals surface area (Å²) >= 11 is 1.04. The van der Waals surface area contributed by atoms with E-state index in [4.69, 9.17) is 0 Å². The number of aliphatic imine (C=N–C) groups is 1. The summed E-state index contributed by atoms with van der Waals surface area (Å²) in [5, 5.41) is 4.76. The predicted octanol–water partition coefficient (Wildman–Crippen LogP) is 2.70. The zero-order chi connectivity index (χ0) is 18.4. The molecule has 0 spiro atoms. The Bertz CT molecular complexity index is 572. The number of hydrogen-bond acceptors (Lipinski definition) is 4. The molecule has 1 atom stereocenters. The molecule has 1 N–H and O–H groups in total. The molecule has 1 aromatic rings. The summed E-state index contributed by atoms with van der Waals surface area (Å²) in [7, 11) is 3.71. The van der Waals surface area contributed by atoms with Crippen LogP contribution in [0.1, 0.15) is 30.5 Å². The number of nitrogens with one attached hydrogen (secondary N) is 1. The molecule has 0 bridgehead atoms. The molecule has 0 saturated carbocycles. The molecule has 5 nitrogen and oxygen atoms in total. The van der Waals surface area contributed by atoms with Crippen LogP contribution >= 0.6 is 11.3 Å². The van der Waals surface area contributed by atoms with E-state index in [2.05, 4.69) is 32.0 Å². The van der Waals surface area contributed by atoms with Crippen molar-refractivity contribution in [1.29, 1.82) is 0 Å². The van der Waals surface area contributed by atoms with Gasteiger partial charge in [0.05, 0.1) is 5.01 Å². The Morgan fingerprint density at radius 1 is 1.52 bits per heavy atom. The van der Waals surface area contributed by atoms with Gasteiger partial charge in [-0.1, -0.05) is 6.92 Å². The molecule has 0 aromatic carbocycles. The molecule has 0 radical (unpaired) electrons. The first-order valence-electron chi connectivity index (χ1n) is 8.52. The van der Waals surface area contributed by atoms with Crippen molar-refractivity contribution in [3.63, 3.8) is 0 Å². The fourth-order valence-electron chi connectivity index (χ4n) is 3.14. The number of thiazole rings is 1. The molecule has 25 heavy (non-hydrogen) atoms. The van der Waals surface area contributed by atoms with Crippen LogP contribution in [0.5, 0.6) is 0 Å². The normalized spacial score (nSPS) is 19.4. The van der Waals surface area contributed by atoms with Crippen LogP contribution in [-0.2, 0) is 12.6 Å². The van der Waals surface area contributed by atoms with Crippen molar-refractivity contribution in [3.8, 4) is 0 Å². The first-order valence-corrected chi connectivity index (χ1v) is 9.40. The van der Waals surface area contributed by atoms with Gasteiger partial charge in [-0.05, 0) is 25.9 Å². The van der Waals surface area contributed by atoms with E-state index in [1.807, 2.05) is 7.05 Å². The van der Waals surface area contributed by atoms with E-state index in [0.717, 1.165) is 42.3 Å². The van der Waals surface area contributed by atoms with Gasteiger partial charge in [-0.25, -0.2) is 4.98 Å². The molecule has 1 saturated heterocycles. The van der Waals surface area contributed by atoms with E-state index < -0.39 is 11.9 Å². The zero-order valence-corrected chi connectivity index (χ0v) is 15.8. The molecule has 1 fully saturated rings. The predicted molar refractivity (Wildman–Crippen MR) is 95.1 cm³/mol. The molecule has 1 aliphatic heterocycles. The average Bonchev–Trinajstić information content (AvgIpc) is 3.20. The molecule has 1 aromatic heterocycles. The van der Waals surface area contributed by atoms with Crippen LogP contribution in [0.15, 0.2) is 10.4 Å². The van der Waals surface area contributed by atoms with E-state index in [1.165, 1.54) is 12.8 Å². The second-order valence-corrected chi connectivity index (χ2v) is 7.10. The summed E-state index contributed by atoms with van der Waals surface area (Å²) in [6, 6.07) is 0.529. The van der Waals surface area contributed by atoms with E-state index >= 15 is 0 Å². The van der Waals surface area contributed by atoms with Gasteiger partial charge < -0.3 is 10.2 Å². The molecule has 142 valence electrons. The Kier molecular flexibility index (Phi) is 7.06. The van der Waals surface area contributed by atoms with E-state index in [1.54, 1.807) is 7.05 Å². The maximum atomic E-state index is 12.6. The van der Waals surface area contributed by atoms with E-state index in [9.17, 15) is 13.2 Å². The van der Waals surface area contributed by atoms with Crippen LogP contribution < -0.4 is 5.32 Å². The SMILES string of the molecule is CCN1CCCC1CN(C)C(=NC)NCCc1nc(C(F)(F)F)cs1. The fourth-order valence-corrected chi connectivity index (χ4v) is 3.95. The molecular formula is C16H26F3N5S. The van der Waals surface area contributed by atoms with Crippen LogP contribution in [0.3, 0.4) is 0 Å². The Hall–Kier alpha value is -1.35. The summed E-state index contributed by atoms with van der Waals surface area (Å²) in [6.45, 7) is 5.77. The van der Waals surface area contributed by atoms with Crippen LogP contribution in [0, 0.1) is 0 Å². The number of nitrogens with zero attached hydrogens (tertiary/aromatic N) is 4. The third-order valence-corrected chi connectivity index (χ3v) is 5.34. The largest absolute Gasteiger partial charge is 0.434 e. The Morgan fingerprint density at radius 3 is 2.88 bits per heavy atom. The highest BCUT2D eigenvalue weighted by molar-refractivity contribution is 7.09. The van der Waals surface area contributed by atoms with Crippen molar-refractivity contribution in [3.05, 3.63) is 16.1 Å². The van der Waals surface area contributed by atoms with Gasteiger partial charge in [0.2, 0.25) is 0 Å². The highest BCUT2D eigenvalue weighted by atomic mass is 32.1. The summed E-state index contributed by atoms with van der Waals surface area (Å²) in [4.78, 5) is 12.5. The summed E-state index contributed by atoms with van der Waals surface area (Å²) in [5.74, 6) is 0.760. The number of alkyl halides is 3. The second kappa shape index (κ2) is 8.84. The van der Waals surface area contributed by atoms with Crippen LogP contribution in [-0.4, -0.2) is 67.1 Å². The Balaban J connectivity index is 1.80. The fraction of sp³-hybridized carbons (Fsp3) is 0.750. The third-order valence-electron chi connectivity index (χ3n) is 4.43. The topological polar surface area (TPSA) is 43.8 Å². The highest BCUT2D eigenvalue weighted by Gasteiger charge is 2.33. The summed E-state index contributed by atoms with van der Waals surface area (Å²) < 4.78 is 37.7. The first-order chi connectivity index (χ1) is 11.8. The molecule has 1 unspecified atom stereocenters. The number of hydrogen-bond donors (Lipinski definition) is 1. The standard InChI is InChI=1S/C16H26F3N5S/c1-4-24-9-5-6-12(24)10-23(3)15(20-2)21-8-7-14-22-13(11-25-14)16(17,18)19/h11-12H,4-10H2,1-3H3,(H,20,21). The Labute approximate surface area is 150 Å². The lowest BCUT2D eigenvalue weighted by Crippen LogP contribution is -2.46. The third kappa shape index (κ3) is 5.57. The number of halogens is 3. The van der Waals surface area contributed by atoms with Gasteiger partial charge in [-0.2, -0.15) is 13.2 Å². The highest BCUT2D eigenvalue weighted by Crippen LogP contribution is 2.30. The molecule has 1 aliphatic rings. The van der Waals surface area contributed by atoms with Crippen molar-refractivity contribution in [2.45, 2.75) is 38.4 Å². The van der Waals surface area contributed by atoms with Crippen LogP contribution in [0.2, 0.25) is 0 Å². The lowest BCUT2D eigenvalue weighted by atomic mass is 10.2. The van der Waals surface area contributed by atoms with Crippen molar-refractivity contribution >= 4 is 17.3 Å². The summed E-state index contributed by atoms with van der Waals surface area (Å²) in [5.41, 5.74) is -0.810. The van der Waals surface area contributed by atoms with E-state index in [0.29, 0.717) is 24.0 Å². The number of guanidine groups is 1. The quantitative estimate of drug-likeness (QED) is 0.612. The molecular weight excluding hydrogens is 351 g/mol. The lowest BCUT2D eigenvalue weighted by Gasteiger charge is -2.29. The maximum absolute atomic E-state index is 12.6. The van der Waals surface area contributed by atoms with E-state index in [-0.39, 0.29) is 0 Å². The smallest absolute Gasteiger partial charge is 0.356 e. The number of likely N-dealkylation sites (N-methyl/N-ethyl adjacent to an activating group) is 2. The van der Waals surface area contributed by atoms with Gasteiger partial charge in [0.1, 0.15) is 0 Å². The van der Waals surface area contributed by atoms with Crippen molar-refractivity contribution in [2.24, 2.45) is 4.99 Å². The molecule has 0 aliphatic carbocycles. The van der Waals surface area contributed by atoms with Gasteiger partial charge >= 0.3 is 6.18 Å². The second-order valence-electron chi connectivity index (χ2n) is 6.15. The van der Waals surface area contributed by atoms with Gasteiger partial charge in [-0.3, -0.25) is 9.89 Å². The molecule has 9 heteroatoms. The minimum atomic E-state index is -4.37. The molecule has 0 amide bonds. The number of likely N-dealkylation sites (tertiary alicyclic amines) is 1. The number of rotatable bonds is 6. The summed E-state index contributed by atoms with van der Waals surface area (Å²) in [6.07, 6.45) is -1.51. The van der Waals surface area contributed by atoms with Gasteiger partial charge in [-0.15, -0.1) is 11.3 Å². The average molecular weight is 377 g/mol. The van der Waals surface area contributed by atoms with Crippen molar-refractivity contribution < 1.29 is 13.2 Å². The van der Waals surface area contributed by atoms with Crippen molar-refractivity contribution in [1.82, 2.24) is 20.1 Å². The van der Waals surface area contributed by atoms with Crippen LogP contribution in [0.25, 0.3) is 0 Å². The molecule has 2 heterocycles. The number of aromatic nitrogens is 1. The minimum absolute atomic E-state index is 0.443.